The zero-order valence-electron chi connectivity index (χ0n) is 29.6. The smallest absolute Gasteiger partial charge is 0.00928 e. The second-order valence-corrected chi connectivity index (χ2v) is 14.4. The molecular formula is C54H34. The largest absolute Gasteiger partial charge is 0.0622 e. The van der Waals surface area contributed by atoms with Gasteiger partial charge in [0.1, 0.15) is 0 Å². The van der Waals surface area contributed by atoms with E-state index in [1.165, 1.54) is 109 Å². The predicted molar refractivity (Wildman–Crippen MR) is 233 cm³/mol. The molecule has 0 nitrogen and oxygen atoms in total. The second-order valence-electron chi connectivity index (χ2n) is 14.4. The third kappa shape index (κ3) is 4.92. The summed E-state index contributed by atoms with van der Waals surface area (Å²) in [4.78, 5) is 0. The summed E-state index contributed by atoms with van der Waals surface area (Å²) in [6, 6.07) is 76.2. The molecule has 0 aliphatic rings. The van der Waals surface area contributed by atoms with Gasteiger partial charge in [0.05, 0.1) is 0 Å². The van der Waals surface area contributed by atoms with Gasteiger partial charge >= 0.3 is 0 Å². The van der Waals surface area contributed by atoms with Gasteiger partial charge in [-0.3, -0.25) is 0 Å². The maximum absolute atomic E-state index is 2.42. The fourth-order valence-corrected chi connectivity index (χ4v) is 8.79. The Morgan fingerprint density at radius 2 is 0.556 bits per heavy atom. The number of rotatable bonds is 4. The SMILES string of the molecule is c1ccc(-c2cc3ccccc3cc2-c2ccc3c(c2)c(-c2ccccc2)cc2cc(-c4ccc5c6ccccc6c6ccccc6c5c4)ccc23)cc1. The number of hydrogen-bond donors (Lipinski definition) is 0. The van der Waals surface area contributed by atoms with E-state index in [-0.39, 0.29) is 0 Å². The molecule has 0 atom stereocenters. The summed E-state index contributed by atoms with van der Waals surface area (Å²) < 4.78 is 0. The van der Waals surface area contributed by atoms with Gasteiger partial charge in [-0.1, -0.05) is 170 Å². The Bertz CT molecular complexity index is 3210. The van der Waals surface area contributed by atoms with Gasteiger partial charge in [0.25, 0.3) is 0 Å². The molecule has 0 aliphatic carbocycles. The van der Waals surface area contributed by atoms with E-state index >= 15 is 0 Å². The highest BCUT2D eigenvalue weighted by Gasteiger charge is 2.16. The molecule has 0 heterocycles. The Morgan fingerprint density at radius 3 is 1.17 bits per heavy atom. The molecule has 54 heavy (non-hydrogen) atoms. The lowest BCUT2D eigenvalue weighted by molar-refractivity contribution is 1.61. The summed E-state index contributed by atoms with van der Waals surface area (Å²) in [7, 11) is 0. The third-order valence-corrected chi connectivity index (χ3v) is 11.4. The van der Waals surface area contributed by atoms with Gasteiger partial charge in [-0.25, -0.2) is 0 Å². The third-order valence-electron chi connectivity index (χ3n) is 11.4. The minimum atomic E-state index is 1.22. The first-order valence-corrected chi connectivity index (χ1v) is 18.7. The van der Waals surface area contributed by atoms with Gasteiger partial charge in [-0.2, -0.15) is 0 Å². The molecule has 0 aliphatic heterocycles. The van der Waals surface area contributed by atoms with E-state index in [9.17, 15) is 0 Å². The first kappa shape index (κ1) is 30.6. The second kappa shape index (κ2) is 12.3. The van der Waals surface area contributed by atoms with Crippen LogP contribution < -0.4 is 0 Å². The molecule has 0 radical (unpaired) electrons. The van der Waals surface area contributed by atoms with Crippen LogP contribution >= 0.6 is 0 Å². The maximum atomic E-state index is 2.42. The van der Waals surface area contributed by atoms with Crippen molar-refractivity contribution in [2.75, 3.05) is 0 Å². The van der Waals surface area contributed by atoms with Gasteiger partial charge < -0.3 is 0 Å². The molecule has 0 N–H and O–H groups in total. The van der Waals surface area contributed by atoms with Gasteiger partial charge in [-0.15, -0.1) is 0 Å². The quantitative estimate of drug-likeness (QED) is 0.162. The fraction of sp³-hybridized carbons (Fsp3) is 0. The number of benzene rings is 11. The molecule has 0 bridgehead atoms. The van der Waals surface area contributed by atoms with Crippen molar-refractivity contribution in [1.29, 1.82) is 0 Å². The van der Waals surface area contributed by atoms with Crippen LogP contribution in [0.5, 0.6) is 0 Å². The molecule has 0 saturated heterocycles. The van der Waals surface area contributed by atoms with Crippen molar-refractivity contribution >= 4 is 64.6 Å². The van der Waals surface area contributed by atoms with E-state index in [4.69, 9.17) is 0 Å². The molecule has 250 valence electrons. The average molecular weight is 683 g/mol. The normalized spacial score (nSPS) is 11.7. The van der Waals surface area contributed by atoms with Crippen LogP contribution in [0.4, 0.5) is 0 Å². The minimum absolute atomic E-state index is 1.22. The van der Waals surface area contributed by atoms with Crippen LogP contribution in [0.15, 0.2) is 206 Å². The van der Waals surface area contributed by atoms with Crippen LogP contribution in [-0.4, -0.2) is 0 Å². The molecule has 0 fully saturated rings. The summed E-state index contributed by atoms with van der Waals surface area (Å²) in [5, 5.41) is 15.3. The van der Waals surface area contributed by atoms with Crippen LogP contribution in [0.1, 0.15) is 0 Å². The Balaban J connectivity index is 1.12. The Kier molecular flexibility index (Phi) is 6.97. The van der Waals surface area contributed by atoms with E-state index in [0.29, 0.717) is 0 Å². The van der Waals surface area contributed by atoms with Crippen molar-refractivity contribution in [2.45, 2.75) is 0 Å². The fourth-order valence-electron chi connectivity index (χ4n) is 8.79. The highest BCUT2D eigenvalue weighted by molar-refractivity contribution is 6.26. The molecule has 0 heteroatoms. The molecular weight excluding hydrogens is 649 g/mol. The molecule has 0 unspecified atom stereocenters. The van der Waals surface area contributed by atoms with E-state index in [1.807, 2.05) is 0 Å². The summed E-state index contributed by atoms with van der Waals surface area (Å²) in [5.74, 6) is 0. The monoisotopic (exact) mass is 682 g/mol. The topological polar surface area (TPSA) is 0 Å². The maximum Gasteiger partial charge on any atom is -0.00928 e. The van der Waals surface area contributed by atoms with Gasteiger partial charge in [0.2, 0.25) is 0 Å². The number of hydrogen-bond acceptors (Lipinski definition) is 0. The van der Waals surface area contributed by atoms with Gasteiger partial charge in [0, 0.05) is 0 Å². The van der Waals surface area contributed by atoms with Crippen LogP contribution in [-0.2, 0) is 0 Å². The highest BCUT2D eigenvalue weighted by Crippen LogP contribution is 2.43. The molecule has 11 rings (SSSR count). The van der Waals surface area contributed by atoms with Gasteiger partial charge in [0.15, 0.2) is 0 Å². The Labute approximate surface area is 314 Å². The lowest BCUT2D eigenvalue weighted by atomic mass is 9.87. The lowest BCUT2D eigenvalue weighted by Gasteiger charge is -2.17. The Morgan fingerprint density at radius 1 is 0.167 bits per heavy atom. The molecule has 0 saturated carbocycles. The van der Waals surface area contributed by atoms with Crippen LogP contribution in [0, 0.1) is 0 Å². The molecule has 11 aromatic carbocycles. The van der Waals surface area contributed by atoms with Crippen molar-refractivity contribution in [3.8, 4) is 44.5 Å². The van der Waals surface area contributed by atoms with Crippen LogP contribution in [0.3, 0.4) is 0 Å². The average Bonchev–Trinajstić information content (AvgIpc) is 3.25. The summed E-state index contributed by atoms with van der Waals surface area (Å²) in [5.41, 5.74) is 9.85. The van der Waals surface area contributed by atoms with Crippen molar-refractivity contribution in [1.82, 2.24) is 0 Å². The van der Waals surface area contributed by atoms with E-state index in [2.05, 4.69) is 206 Å². The van der Waals surface area contributed by atoms with Crippen molar-refractivity contribution in [3.63, 3.8) is 0 Å². The summed E-state index contributed by atoms with van der Waals surface area (Å²) in [6.07, 6.45) is 0. The first-order valence-electron chi connectivity index (χ1n) is 18.7. The zero-order chi connectivity index (χ0) is 35.6. The summed E-state index contributed by atoms with van der Waals surface area (Å²) >= 11 is 0. The molecule has 0 aromatic heterocycles. The van der Waals surface area contributed by atoms with E-state index < -0.39 is 0 Å². The molecule has 11 aromatic rings. The molecule has 0 spiro atoms. The predicted octanol–water partition coefficient (Wildman–Crippen LogP) is 15.3. The van der Waals surface area contributed by atoms with Crippen molar-refractivity contribution in [2.24, 2.45) is 0 Å². The summed E-state index contributed by atoms with van der Waals surface area (Å²) in [6.45, 7) is 0. The van der Waals surface area contributed by atoms with Crippen LogP contribution in [0.2, 0.25) is 0 Å². The van der Waals surface area contributed by atoms with Crippen molar-refractivity contribution in [3.05, 3.63) is 206 Å². The minimum Gasteiger partial charge on any atom is -0.0622 e. The van der Waals surface area contributed by atoms with E-state index in [0.717, 1.165) is 0 Å². The highest BCUT2D eigenvalue weighted by atomic mass is 14.2. The standard InChI is InChI=1S/C54H34/c1-3-13-35(14-4-1)50-30-37-17-7-8-18-38(37)31-52(50)41-25-28-48-43-26-23-39(29-42(43)34-51(54(48)33-41)36-15-5-2-6-16-36)40-24-27-49-46-21-10-9-19-44(46)45-20-11-12-22-47(45)53(49)32-40/h1-34H. The van der Waals surface area contributed by atoms with E-state index in [1.54, 1.807) is 0 Å². The zero-order valence-corrected chi connectivity index (χ0v) is 29.6. The molecule has 0 amide bonds. The Hall–Kier alpha value is -7.02. The van der Waals surface area contributed by atoms with Crippen LogP contribution in [0.25, 0.3) is 109 Å². The van der Waals surface area contributed by atoms with Gasteiger partial charge in [-0.05, 0) is 146 Å². The lowest BCUT2D eigenvalue weighted by Crippen LogP contribution is -1.90. The number of fused-ring (bicyclic) bond motifs is 10. The van der Waals surface area contributed by atoms with Crippen molar-refractivity contribution < 1.29 is 0 Å². The first-order chi connectivity index (χ1) is 26.8.